The zero-order valence-corrected chi connectivity index (χ0v) is 9.57. The van der Waals surface area contributed by atoms with E-state index in [0.29, 0.717) is 11.8 Å². The highest BCUT2D eigenvalue weighted by Crippen LogP contribution is 2.53. The third kappa shape index (κ3) is 1.45. The second-order valence-corrected chi connectivity index (χ2v) is 4.47. The molecule has 0 atom stereocenters. The van der Waals surface area contributed by atoms with E-state index in [1.165, 1.54) is 5.56 Å². The highest BCUT2D eigenvalue weighted by Gasteiger charge is 2.48. The minimum Gasteiger partial charge on any atom is -0.443 e. The van der Waals surface area contributed by atoms with Crippen molar-refractivity contribution in [2.45, 2.75) is 24.1 Å². The van der Waals surface area contributed by atoms with Crippen LogP contribution in [-0.4, -0.2) is 4.98 Å². The number of hydrogen-bond acceptors (Lipinski definition) is 2. The average molecular weight is 234 g/mol. The van der Waals surface area contributed by atoms with Gasteiger partial charge in [0.2, 0.25) is 5.89 Å². The first-order valence-electron chi connectivity index (χ1n) is 5.42. The van der Waals surface area contributed by atoms with Crippen molar-refractivity contribution in [2.75, 3.05) is 0 Å². The second-order valence-electron chi connectivity index (χ2n) is 4.20. The molecule has 1 aromatic heterocycles. The molecule has 2 nitrogen and oxygen atoms in total. The van der Waals surface area contributed by atoms with Crippen LogP contribution in [0.15, 0.2) is 40.9 Å². The normalized spacial score (nSPS) is 17.3. The van der Waals surface area contributed by atoms with E-state index in [9.17, 15) is 0 Å². The van der Waals surface area contributed by atoms with Gasteiger partial charge >= 0.3 is 0 Å². The standard InChI is InChI=1S/C13H12ClNO/c14-8-12-15-9-11(16-12)13(6-7-13)10-4-2-1-3-5-10/h1-5,9H,6-8H2. The van der Waals surface area contributed by atoms with Crippen molar-refractivity contribution in [1.29, 1.82) is 0 Å². The SMILES string of the molecule is ClCc1ncc(C2(c3ccccc3)CC2)o1. The van der Waals surface area contributed by atoms with Crippen LogP contribution in [0, 0.1) is 0 Å². The summed E-state index contributed by atoms with van der Waals surface area (Å²) in [5, 5.41) is 0. The van der Waals surface area contributed by atoms with E-state index in [-0.39, 0.29) is 5.41 Å². The van der Waals surface area contributed by atoms with Crippen molar-refractivity contribution in [3.8, 4) is 0 Å². The van der Waals surface area contributed by atoms with Crippen LogP contribution < -0.4 is 0 Å². The summed E-state index contributed by atoms with van der Waals surface area (Å²) < 4.78 is 5.67. The number of oxazole rings is 1. The molecule has 3 rings (SSSR count). The van der Waals surface area contributed by atoms with Crippen molar-refractivity contribution in [3.63, 3.8) is 0 Å². The first-order chi connectivity index (χ1) is 7.85. The quantitative estimate of drug-likeness (QED) is 0.759. The van der Waals surface area contributed by atoms with Crippen LogP contribution in [0.5, 0.6) is 0 Å². The summed E-state index contributed by atoms with van der Waals surface area (Å²) in [6, 6.07) is 10.5. The molecule has 0 unspecified atom stereocenters. The van der Waals surface area contributed by atoms with Gasteiger partial charge in [0.05, 0.1) is 17.5 Å². The van der Waals surface area contributed by atoms with Crippen LogP contribution in [0.2, 0.25) is 0 Å². The summed E-state index contributed by atoms with van der Waals surface area (Å²) in [7, 11) is 0. The number of halogens is 1. The lowest BCUT2D eigenvalue weighted by Crippen LogP contribution is -2.06. The lowest BCUT2D eigenvalue weighted by Gasteiger charge is -2.11. The summed E-state index contributed by atoms with van der Waals surface area (Å²) >= 11 is 5.70. The predicted octanol–water partition coefficient (Wildman–Crippen LogP) is 3.49. The Morgan fingerprint density at radius 3 is 2.56 bits per heavy atom. The van der Waals surface area contributed by atoms with E-state index in [4.69, 9.17) is 16.0 Å². The van der Waals surface area contributed by atoms with E-state index in [1.54, 1.807) is 0 Å². The first-order valence-corrected chi connectivity index (χ1v) is 5.95. The van der Waals surface area contributed by atoms with Gasteiger partial charge in [-0.05, 0) is 18.4 Å². The molecular formula is C13H12ClNO. The number of alkyl halides is 1. The molecule has 16 heavy (non-hydrogen) atoms. The van der Waals surface area contributed by atoms with Gasteiger partial charge < -0.3 is 4.42 Å². The Morgan fingerprint density at radius 2 is 2.00 bits per heavy atom. The van der Waals surface area contributed by atoms with Crippen LogP contribution in [0.3, 0.4) is 0 Å². The zero-order valence-electron chi connectivity index (χ0n) is 8.82. The number of aromatic nitrogens is 1. The molecule has 0 saturated heterocycles. The molecule has 1 aromatic carbocycles. The van der Waals surface area contributed by atoms with Gasteiger partial charge in [0.15, 0.2) is 0 Å². The average Bonchev–Trinajstić information content (AvgIpc) is 3.02. The van der Waals surface area contributed by atoms with Gasteiger partial charge in [-0.2, -0.15) is 0 Å². The minimum absolute atomic E-state index is 0.0680. The third-order valence-electron chi connectivity index (χ3n) is 3.22. The number of rotatable bonds is 3. The second kappa shape index (κ2) is 3.63. The molecule has 1 aliphatic carbocycles. The fourth-order valence-corrected chi connectivity index (χ4v) is 2.28. The Labute approximate surface area is 99.3 Å². The first kappa shape index (κ1) is 9.91. The van der Waals surface area contributed by atoms with E-state index in [1.807, 2.05) is 12.3 Å². The fourth-order valence-electron chi connectivity index (χ4n) is 2.15. The molecule has 1 fully saturated rings. The Morgan fingerprint density at radius 1 is 1.25 bits per heavy atom. The van der Waals surface area contributed by atoms with E-state index < -0.39 is 0 Å². The lowest BCUT2D eigenvalue weighted by atomic mass is 9.94. The van der Waals surface area contributed by atoms with E-state index in [0.717, 1.165) is 18.6 Å². The number of nitrogens with zero attached hydrogens (tertiary/aromatic N) is 1. The van der Waals surface area contributed by atoms with Crippen LogP contribution >= 0.6 is 11.6 Å². The smallest absolute Gasteiger partial charge is 0.209 e. The van der Waals surface area contributed by atoms with Gasteiger partial charge in [0.25, 0.3) is 0 Å². The molecule has 1 aliphatic rings. The van der Waals surface area contributed by atoms with Gasteiger partial charge in [-0.1, -0.05) is 30.3 Å². The molecule has 2 aromatic rings. The summed E-state index contributed by atoms with van der Waals surface area (Å²) in [6.45, 7) is 0. The summed E-state index contributed by atoms with van der Waals surface area (Å²) in [5.74, 6) is 1.90. The van der Waals surface area contributed by atoms with Crippen molar-refractivity contribution in [3.05, 3.63) is 53.7 Å². The Bertz CT molecular complexity index is 488. The summed E-state index contributed by atoms with van der Waals surface area (Å²) in [4.78, 5) is 4.17. The highest BCUT2D eigenvalue weighted by atomic mass is 35.5. The number of hydrogen-bond donors (Lipinski definition) is 0. The topological polar surface area (TPSA) is 26.0 Å². The van der Waals surface area contributed by atoms with Gasteiger partial charge in [-0.15, -0.1) is 11.6 Å². The maximum atomic E-state index is 5.70. The van der Waals surface area contributed by atoms with Crippen molar-refractivity contribution >= 4 is 11.6 Å². The zero-order chi connectivity index (χ0) is 11.0. The Kier molecular flexibility index (Phi) is 2.25. The monoisotopic (exact) mass is 233 g/mol. The number of benzene rings is 1. The largest absolute Gasteiger partial charge is 0.443 e. The minimum atomic E-state index is 0.0680. The molecule has 0 N–H and O–H groups in total. The van der Waals surface area contributed by atoms with E-state index >= 15 is 0 Å². The van der Waals surface area contributed by atoms with Gasteiger partial charge in [-0.25, -0.2) is 4.98 Å². The molecular weight excluding hydrogens is 222 g/mol. The molecule has 0 spiro atoms. The van der Waals surface area contributed by atoms with Crippen LogP contribution in [0.25, 0.3) is 0 Å². The predicted molar refractivity (Wildman–Crippen MR) is 62.5 cm³/mol. The van der Waals surface area contributed by atoms with Crippen LogP contribution in [0.4, 0.5) is 0 Å². The van der Waals surface area contributed by atoms with Gasteiger partial charge in [-0.3, -0.25) is 0 Å². The molecule has 0 radical (unpaired) electrons. The Balaban J connectivity index is 2.00. The molecule has 0 aliphatic heterocycles. The van der Waals surface area contributed by atoms with Gasteiger partial charge in [0.1, 0.15) is 5.76 Å². The van der Waals surface area contributed by atoms with Crippen molar-refractivity contribution < 1.29 is 4.42 Å². The van der Waals surface area contributed by atoms with E-state index in [2.05, 4.69) is 29.2 Å². The molecule has 82 valence electrons. The molecule has 1 saturated carbocycles. The summed E-state index contributed by atoms with van der Waals surface area (Å²) in [6.07, 6.45) is 4.08. The summed E-state index contributed by atoms with van der Waals surface area (Å²) in [5.41, 5.74) is 1.38. The fraction of sp³-hybridized carbons (Fsp3) is 0.308. The Hall–Kier alpha value is -1.28. The molecule has 0 amide bonds. The highest BCUT2D eigenvalue weighted by molar-refractivity contribution is 6.16. The maximum Gasteiger partial charge on any atom is 0.209 e. The van der Waals surface area contributed by atoms with Crippen LogP contribution in [0.1, 0.15) is 30.1 Å². The molecule has 0 bridgehead atoms. The third-order valence-corrected chi connectivity index (χ3v) is 3.44. The van der Waals surface area contributed by atoms with Crippen molar-refractivity contribution in [1.82, 2.24) is 4.98 Å². The van der Waals surface area contributed by atoms with Crippen LogP contribution in [-0.2, 0) is 11.3 Å². The van der Waals surface area contributed by atoms with Gasteiger partial charge in [0, 0.05) is 0 Å². The van der Waals surface area contributed by atoms with Crippen molar-refractivity contribution in [2.24, 2.45) is 0 Å². The maximum absolute atomic E-state index is 5.70. The molecule has 3 heteroatoms. The molecule has 1 heterocycles. The lowest BCUT2D eigenvalue weighted by molar-refractivity contribution is 0.446.